The molecule has 2 amide bonds. The second kappa shape index (κ2) is 9.78. The second-order valence-electron chi connectivity index (χ2n) is 8.86. The molecular weight excluding hydrogens is 454 g/mol. The third kappa shape index (κ3) is 5.27. The number of aliphatic hydroxyl groups excluding tert-OH is 1. The van der Waals surface area contributed by atoms with Crippen LogP contribution in [-0.2, 0) is 16.0 Å². The average Bonchev–Trinajstić information content (AvgIpc) is 3.20. The Balaban J connectivity index is 1.56. The van der Waals surface area contributed by atoms with Crippen molar-refractivity contribution >= 4 is 28.1 Å². The normalized spacial score (nSPS) is 21.1. The highest BCUT2D eigenvalue weighted by atomic mass is 32.3. The van der Waals surface area contributed by atoms with Gasteiger partial charge in [0, 0.05) is 32.2 Å². The molecule has 2 heterocycles. The molecule has 2 aromatic rings. The van der Waals surface area contributed by atoms with Crippen LogP contribution in [0.5, 0.6) is 0 Å². The van der Waals surface area contributed by atoms with Crippen LogP contribution >= 0.6 is 10.6 Å². The predicted octanol–water partition coefficient (Wildman–Crippen LogP) is 2.54. The number of likely N-dealkylation sites (tertiary alicyclic amines) is 1. The van der Waals surface area contributed by atoms with Crippen LogP contribution in [0.25, 0.3) is 0 Å². The van der Waals surface area contributed by atoms with Crippen LogP contribution in [0.3, 0.4) is 0 Å². The Kier molecular flexibility index (Phi) is 6.98. The number of nitrogens with zero attached hydrogens (tertiary/aromatic N) is 2. The van der Waals surface area contributed by atoms with E-state index in [2.05, 4.69) is 16.1 Å². The Morgan fingerprint density at radius 2 is 2.12 bits per heavy atom. The summed E-state index contributed by atoms with van der Waals surface area (Å²) >= 11 is 0. The van der Waals surface area contributed by atoms with Crippen molar-refractivity contribution in [2.75, 3.05) is 37.8 Å². The van der Waals surface area contributed by atoms with E-state index in [9.17, 15) is 23.8 Å². The smallest absolute Gasteiger partial charge is 0.244 e. The summed E-state index contributed by atoms with van der Waals surface area (Å²) in [6.07, 6.45) is 6.00. The summed E-state index contributed by atoms with van der Waals surface area (Å²) in [6.45, 7) is 1.88. The zero-order chi connectivity index (χ0) is 24.5. The van der Waals surface area contributed by atoms with Crippen molar-refractivity contribution < 1.29 is 23.8 Å². The molecule has 1 saturated heterocycles. The van der Waals surface area contributed by atoms with E-state index in [1.54, 1.807) is 30.1 Å². The molecule has 4 rings (SSSR count). The number of β-amino-alcohol motifs (C(OH)–C–C–N with tert-alkyl or cyclic N) is 1. The van der Waals surface area contributed by atoms with Gasteiger partial charge in [-0.25, -0.2) is 0 Å². The largest absolute Gasteiger partial charge is 0.392 e. The van der Waals surface area contributed by atoms with Gasteiger partial charge in [0.2, 0.25) is 11.8 Å². The number of likely N-dealkylation sites (N-methyl/N-ethyl adjacent to an activating group) is 1. The number of amides is 2. The molecule has 8 nitrogen and oxygen atoms in total. The zero-order valence-electron chi connectivity index (χ0n) is 19.0. The first-order valence-corrected chi connectivity index (χ1v) is 12.8. The molecule has 180 valence electrons. The minimum absolute atomic E-state index is 0.0762. The van der Waals surface area contributed by atoms with Crippen molar-refractivity contribution in [2.45, 2.75) is 29.9 Å². The minimum Gasteiger partial charge on any atom is -0.392 e. The van der Waals surface area contributed by atoms with E-state index >= 15 is 0 Å². The van der Waals surface area contributed by atoms with Crippen molar-refractivity contribution in [3.8, 4) is 12.3 Å². The molecule has 0 radical (unpaired) electrons. The van der Waals surface area contributed by atoms with Gasteiger partial charge in [-0.2, -0.15) is 10.6 Å². The van der Waals surface area contributed by atoms with Gasteiger partial charge in [-0.05, 0) is 41.8 Å². The molecule has 34 heavy (non-hydrogen) atoms. The van der Waals surface area contributed by atoms with Gasteiger partial charge >= 0.3 is 0 Å². The summed E-state index contributed by atoms with van der Waals surface area (Å²) in [4.78, 5) is 29.3. The third-order valence-corrected chi connectivity index (χ3v) is 8.06. The SMILES string of the molecule is C#Cc1cccc([C@@H](CN2CCC(O)C2)N(C)C(=O)Cc2ccc3c(c2)NC(=O)CS3(O)O)c1. The van der Waals surface area contributed by atoms with Gasteiger partial charge in [0.1, 0.15) is 5.75 Å². The summed E-state index contributed by atoms with van der Waals surface area (Å²) < 4.78 is 20.4. The Morgan fingerprint density at radius 3 is 2.82 bits per heavy atom. The maximum atomic E-state index is 13.3. The van der Waals surface area contributed by atoms with E-state index in [1.807, 2.05) is 24.3 Å². The number of hydrogen-bond donors (Lipinski definition) is 4. The van der Waals surface area contributed by atoms with E-state index in [0.29, 0.717) is 30.8 Å². The molecule has 4 N–H and O–H groups in total. The summed E-state index contributed by atoms with van der Waals surface area (Å²) in [7, 11) is -1.43. The number of nitrogens with one attached hydrogen (secondary N) is 1. The van der Waals surface area contributed by atoms with Gasteiger partial charge in [0.15, 0.2) is 0 Å². The number of hydrogen-bond acceptors (Lipinski definition) is 6. The summed E-state index contributed by atoms with van der Waals surface area (Å²) in [5.41, 5.74) is 2.63. The molecule has 0 aromatic heterocycles. The van der Waals surface area contributed by atoms with Crippen molar-refractivity contribution in [1.29, 1.82) is 0 Å². The van der Waals surface area contributed by atoms with Gasteiger partial charge in [-0.1, -0.05) is 24.1 Å². The number of carbonyl (C=O) groups excluding carboxylic acids is 2. The minimum atomic E-state index is -3.18. The molecule has 2 aliphatic heterocycles. The van der Waals surface area contributed by atoms with Crippen molar-refractivity contribution in [3.63, 3.8) is 0 Å². The van der Waals surface area contributed by atoms with E-state index < -0.39 is 16.5 Å². The van der Waals surface area contributed by atoms with E-state index in [-0.39, 0.29) is 35.1 Å². The molecule has 0 aliphatic carbocycles. The molecule has 0 bridgehead atoms. The maximum Gasteiger partial charge on any atom is 0.244 e. The lowest BCUT2D eigenvalue weighted by Gasteiger charge is -2.37. The zero-order valence-corrected chi connectivity index (χ0v) is 19.8. The quantitative estimate of drug-likeness (QED) is 0.470. The molecular formula is C25H29N3O5S. The van der Waals surface area contributed by atoms with Gasteiger partial charge < -0.3 is 15.3 Å². The Bertz CT molecular complexity index is 1150. The molecule has 2 aliphatic rings. The summed E-state index contributed by atoms with van der Waals surface area (Å²) in [5.74, 6) is 1.68. The lowest BCUT2D eigenvalue weighted by Crippen LogP contribution is -2.39. The number of rotatable bonds is 6. The van der Waals surface area contributed by atoms with Crippen LogP contribution in [0.15, 0.2) is 47.4 Å². The van der Waals surface area contributed by atoms with Crippen LogP contribution in [0.1, 0.15) is 29.2 Å². The number of carbonyl (C=O) groups is 2. The van der Waals surface area contributed by atoms with E-state index in [1.165, 1.54) is 0 Å². The average molecular weight is 484 g/mol. The van der Waals surface area contributed by atoms with Crippen molar-refractivity contribution in [3.05, 3.63) is 59.2 Å². The Labute approximate surface area is 200 Å². The number of terminal acetylenes is 1. The summed E-state index contributed by atoms with van der Waals surface area (Å²) in [5, 5.41) is 12.6. The van der Waals surface area contributed by atoms with E-state index in [4.69, 9.17) is 6.42 Å². The van der Waals surface area contributed by atoms with Crippen LogP contribution in [0.4, 0.5) is 5.69 Å². The standard InChI is InChI=1S/C25H29N3O5S/c1-3-17-5-4-6-19(11-17)22(15-28-10-9-20(29)14-28)27(2)25(31)13-18-7-8-23-21(12-18)26-24(30)16-34(23,32)33/h1,4-8,11-12,20,22,29,32-33H,9-10,13-16H2,2H3,(H,26,30)/t20?,22-/m1/s1. The van der Waals surface area contributed by atoms with Crippen molar-refractivity contribution in [1.82, 2.24) is 9.80 Å². The first-order chi connectivity index (χ1) is 16.2. The highest BCUT2D eigenvalue weighted by molar-refractivity contribution is 8.25. The Morgan fingerprint density at radius 1 is 1.32 bits per heavy atom. The maximum absolute atomic E-state index is 13.3. The fourth-order valence-corrected chi connectivity index (χ4v) is 5.84. The highest BCUT2D eigenvalue weighted by Gasteiger charge is 2.31. The molecule has 2 atom stereocenters. The number of benzene rings is 2. The number of aliphatic hydroxyl groups is 1. The molecule has 2 aromatic carbocycles. The van der Waals surface area contributed by atoms with Crippen LogP contribution in [0, 0.1) is 12.3 Å². The first kappa shape index (κ1) is 24.3. The molecule has 1 unspecified atom stereocenters. The Hall–Kier alpha value is -2.87. The van der Waals surface area contributed by atoms with Gasteiger partial charge in [0.25, 0.3) is 0 Å². The predicted molar refractivity (Wildman–Crippen MR) is 132 cm³/mol. The molecule has 0 spiro atoms. The lowest BCUT2D eigenvalue weighted by molar-refractivity contribution is -0.131. The van der Waals surface area contributed by atoms with Gasteiger partial charge in [-0.15, -0.1) is 6.42 Å². The van der Waals surface area contributed by atoms with Crippen LogP contribution < -0.4 is 5.32 Å². The fourth-order valence-electron chi connectivity index (χ4n) is 4.50. The third-order valence-electron chi connectivity index (χ3n) is 6.34. The monoisotopic (exact) mass is 483 g/mol. The van der Waals surface area contributed by atoms with Crippen molar-refractivity contribution in [2.24, 2.45) is 0 Å². The molecule has 9 heteroatoms. The van der Waals surface area contributed by atoms with Gasteiger partial charge in [-0.3, -0.25) is 23.6 Å². The lowest BCUT2D eigenvalue weighted by atomic mass is 10.0. The van der Waals surface area contributed by atoms with Crippen LogP contribution in [0.2, 0.25) is 0 Å². The van der Waals surface area contributed by atoms with Crippen LogP contribution in [-0.4, -0.2) is 74.4 Å². The first-order valence-electron chi connectivity index (χ1n) is 11.1. The topological polar surface area (TPSA) is 113 Å². The highest BCUT2D eigenvalue weighted by Crippen LogP contribution is 2.53. The number of fused-ring (bicyclic) bond motifs is 1. The fraction of sp³-hybridized carbons (Fsp3) is 0.360. The molecule has 0 saturated carbocycles. The van der Waals surface area contributed by atoms with E-state index in [0.717, 1.165) is 17.7 Å². The molecule has 1 fully saturated rings. The second-order valence-corrected chi connectivity index (χ2v) is 10.9. The van der Waals surface area contributed by atoms with Gasteiger partial charge in [0.05, 0.1) is 29.1 Å². The number of anilines is 1. The summed E-state index contributed by atoms with van der Waals surface area (Å²) in [6, 6.07) is 12.2.